The second kappa shape index (κ2) is 10.2. The molecule has 0 amide bonds. The molecule has 0 bridgehead atoms. The molecular weight excluding hydrogens is 110 g/mol. The highest BCUT2D eigenvalue weighted by Crippen LogP contribution is 1.87. The van der Waals surface area contributed by atoms with Gasteiger partial charge < -0.3 is 5.41 Å². The van der Waals surface area contributed by atoms with Crippen molar-refractivity contribution in [2.24, 2.45) is 0 Å². The van der Waals surface area contributed by atoms with Crippen molar-refractivity contribution in [1.82, 2.24) is 0 Å². The number of nitrogens with one attached hydrogen (secondary N) is 1. The van der Waals surface area contributed by atoms with Crippen LogP contribution < -0.4 is 0 Å². The van der Waals surface area contributed by atoms with Gasteiger partial charge in [0.2, 0.25) is 0 Å². The first-order valence-corrected chi connectivity index (χ1v) is 3.11. The first kappa shape index (κ1) is 11.0. The minimum absolute atomic E-state index is 1.02. The summed E-state index contributed by atoms with van der Waals surface area (Å²) >= 11 is 0. The quantitative estimate of drug-likeness (QED) is 0.433. The molecule has 0 saturated carbocycles. The van der Waals surface area contributed by atoms with E-state index in [0.717, 1.165) is 5.57 Å². The van der Waals surface area contributed by atoms with Gasteiger partial charge in [0.25, 0.3) is 0 Å². The molecule has 0 atom stereocenters. The fraction of sp³-hybridized carbons (Fsp3) is 0.375. The van der Waals surface area contributed by atoms with E-state index in [1.54, 1.807) is 12.2 Å². The lowest BCUT2D eigenvalue weighted by molar-refractivity contribution is 1.50. The minimum atomic E-state index is 1.02. The van der Waals surface area contributed by atoms with E-state index in [1.807, 2.05) is 20.8 Å². The van der Waals surface area contributed by atoms with Gasteiger partial charge in [0.05, 0.1) is 0 Å². The Labute approximate surface area is 57.6 Å². The van der Waals surface area contributed by atoms with E-state index >= 15 is 0 Å². The molecule has 0 fully saturated rings. The van der Waals surface area contributed by atoms with Crippen LogP contribution in [0.1, 0.15) is 20.8 Å². The minimum Gasteiger partial charge on any atom is -0.309 e. The van der Waals surface area contributed by atoms with Crippen molar-refractivity contribution in [3.63, 3.8) is 0 Å². The van der Waals surface area contributed by atoms with E-state index in [0.29, 0.717) is 0 Å². The maximum Gasteiger partial charge on any atom is 0.0180 e. The zero-order valence-corrected chi connectivity index (χ0v) is 6.44. The average Bonchev–Trinajstić information content (AvgIpc) is 1.93. The van der Waals surface area contributed by atoms with Crippen LogP contribution in [0.5, 0.6) is 0 Å². The molecule has 0 rings (SSSR count). The summed E-state index contributed by atoms with van der Waals surface area (Å²) < 4.78 is 0. The molecule has 0 aromatic rings. The fourth-order valence-electron chi connectivity index (χ4n) is 0.199. The summed E-state index contributed by atoms with van der Waals surface area (Å²) in [7, 11) is 0. The highest BCUT2D eigenvalue weighted by Gasteiger charge is 1.69. The molecule has 52 valence electrons. The summed E-state index contributed by atoms with van der Waals surface area (Å²) in [5.41, 5.74) is 1.02. The molecule has 0 heterocycles. The number of rotatable bonds is 2. The van der Waals surface area contributed by atoms with E-state index in [-0.39, 0.29) is 0 Å². The van der Waals surface area contributed by atoms with Gasteiger partial charge in [-0.1, -0.05) is 32.1 Å². The number of hydrogen-bond donors (Lipinski definition) is 1. The topological polar surface area (TPSA) is 23.9 Å². The summed E-state index contributed by atoms with van der Waals surface area (Å²) in [5, 5.41) is 6.59. The van der Waals surface area contributed by atoms with Crippen molar-refractivity contribution in [2.45, 2.75) is 20.8 Å². The van der Waals surface area contributed by atoms with Gasteiger partial charge in [-0.2, -0.15) is 0 Å². The molecule has 0 aromatic carbocycles. The average molecular weight is 125 g/mol. The highest BCUT2D eigenvalue weighted by molar-refractivity contribution is 5.69. The second-order valence-corrected chi connectivity index (χ2v) is 1.28. The van der Waals surface area contributed by atoms with Crippen LogP contribution in [-0.2, 0) is 0 Å². The lowest BCUT2D eigenvalue weighted by atomic mass is 10.3. The van der Waals surface area contributed by atoms with Crippen molar-refractivity contribution in [3.05, 3.63) is 24.3 Å². The van der Waals surface area contributed by atoms with E-state index in [9.17, 15) is 0 Å². The van der Waals surface area contributed by atoms with Crippen molar-refractivity contribution in [1.29, 1.82) is 5.41 Å². The van der Waals surface area contributed by atoms with Crippen LogP contribution >= 0.6 is 0 Å². The van der Waals surface area contributed by atoms with E-state index < -0.39 is 0 Å². The predicted molar refractivity (Wildman–Crippen MR) is 44.1 cm³/mol. The Hall–Kier alpha value is -0.850. The largest absolute Gasteiger partial charge is 0.309 e. The first-order valence-electron chi connectivity index (χ1n) is 3.11. The molecule has 0 aromatic heterocycles. The third kappa shape index (κ3) is 11.0. The molecule has 0 aliphatic rings. The number of allylic oxidation sites excluding steroid dienone is 3. The zero-order valence-electron chi connectivity index (χ0n) is 6.44. The van der Waals surface area contributed by atoms with Gasteiger partial charge in [0.1, 0.15) is 0 Å². The summed E-state index contributed by atoms with van der Waals surface area (Å²) in [6.45, 7) is 9.41. The Bertz CT molecular complexity index is 101. The molecule has 0 unspecified atom stereocenters. The molecule has 0 spiro atoms. The van der Waals surface area contributed by atoms with Crippen molar-refractivity contribution in [2.75, 3.05) is 0 Å². The van der Waals surface area contributed by atoms with E-state index in [4.69, 9.17) is 5.41 Å². The molecule has 0 saturated heterocycles. The SMILES string of the molecule is C=C/C(C)=C\C=N.CC. The lowest BCUT2D eigenvalue weighted by Gasteiger charge is -1.79. The predicted octanol–water partition coefficient (Wildman–Crippen LogP) is 2.79. The molecular formula is C8H15N. The van der Waals surface area contributed by atoms with Gasteiger partial charge in [-0.05, 0) is 13.0 Å². The summed E-state index contributed by atoms with van der Waals surface area (Å²) in [4.78, 5) is 0. The van der Waals surface area contributed by atoms with Crippen molar-refractivity contribution >= 4 is 6.21 Å². The monoisotopic (exact) mass is 125 g/mol. The first-order chi connectivity index (χ1) is 4.31. The molecule has 0 radical (unpaired) electrons. The standard InChI is InChI=1S/C6H9N.C2H6/c1-3-6(2)4-5-7;1-2/h3-5,7H,1H2,2H3;1-2H3/b6-4-,7-5?;. The van der Waals surface area contributed by atoms with Crippen molar-refractivity contribution in [3.8, 4) is 0 Å². The Morgan fingerprint density at radius 3 is 2.00 bits per heavy atom. The Kier molecular flexibility index (Phi) is 12.5. The third-order valence-corrected chi connectivity index (χ3v) is 0.668. The summed E-state index contributed by atoms with van der Waals surface area (Å²) in [6.07, 6.45) is 4.65. The van der Waals surface area contributed by atoms with Crippen LogP contribution in [0.15, 0.2) is 24.3 Å². The molecule has 9 heavy (non-hydrogen) atoms. The Balaban J connectivity index is 0. The maximum absolute atomic E-state index is 6.59. The summed E-state index contributed by atoms with van der Waals surface area (Å²) in [5.74, 6) is 0. The van der Waals surface area contributed by atoms with Crippen LogP contribution in [0.2, 0.25) is 0 Å². The second-order valence-electron chi connectivity index (χ2n) is 1.28. The Morgan fingerprint density at radius 1 is 1.44 bits per heavy atom. The Morgan fingerprint density at radius 2 is 1.89 bits per heavy atom. The van der Waals surface area contributed by atoms with Crippen LogP contribution in [0.25, 0.3) is 0 Å². The van der Waals surface area contributed by atoms with Crippen LogP contribution in [0.3, 0.4) is 0 Å². The van der Waals surface area contributed by atoms with Crippen LogP contribution in [0.4, 0.5) is 0 Å². The molecule has 1 heteroatoms. The van der Waals surface area contributed by atoms with E-state index in [2.05, 4.69) is 6.58 Å². The normalized spacial score (nSPS) is 9.00. The lowest BCUT2D eigenvalue weighted by Crippen LogP contribution is -1.64. The fourth-order valence-corrected chi connectivity index (χ4v) is 0.199. The molecule has 1 nitrogen and oxygen atoms in total. The molecule has 0 aliphatic carbocycles. The van der Waals surface area contributed by atoms with Gasteiger partial charge >= 0.3 is 0 Å². The van der Waals surface area contributed by atoms with Gasteiger partial charge in [0, 0.05) is 6.21 Å². The maximum atomic E-state index is 6.59. The van der Waals surface area contributed by atoms with Gasteiger partial charge in [-0.3, -0.25) is 0 Å². The van der Waals surface area contributed by atoms with Crippen LogP contribution in [0, 0.1) is 5.41 Å². The third-order valence-electron chi connectivity index (χ3n) is 0.668. The molecule has 1 N–H and O–H groups in total. The smallest absolute Gasteiger partial charge is 0.0180 e. The van der Waals surface area contributed by atoms with Gasteiger partial charge in [-0.15, -0.1) is 0 Å². The number of hydrogen-bond acceptors (Lipinski definition) is 1. The summed E-state index contributed by atoms with van der Waals surface area (Å²) in [6, 6.07) is 0. The zero-order chi connectivity index (χ0) is 7.70. The van der Waals surface area contributed by atoms with Crippen molar-refractivity contribution < 1.29 is 0 Å². The van der Waals surface area contributed by atoms with Gasteiger partial charge in [0.15, 0.2) is 0 Å². The van der Waals surface area contributed by atoms with E-state index in [1.165, 1.54) is 6.21 Å². The highest BCUT2D eigenvalue weighted by atomic mass is 14.3. The molecule has 0 aliphatic heterocycles. The van der Waals surface area contributed by atoms with Gasteiger partial charge in [-0.25, -0.2) is 0 Å². The van der Waals surface area contributed by atoms with Crippen LogP contribution in [-0.4, -0.2) is 6.21 Å².